The molecule has 4 rings (SSSR count). The highest BCUT2D eigenvalue weighted by Gasteiger charge is 2.20. The number of rotatable bonds is 3. The molecule has 114 valence electrons. The van der Waals surface area contributed by atoms with Crippen molar-refractivity contribution in [3.05, 3.63) is 40.3 Å². The van der Waals surface area contributed by atoms with E-state index >= 15 is 0 Å². The molecule has 0 radical (unpaired) electrons. The van der Waals surface area contributed by atoms with Crippen molar-refractivity contribution in [2.75, 3.05) is 31.1 Å². The maximum Gasteiger partial charge on any atom is 0.186 e. The van der Waals surface area contributed by atoms with Crippen molar-refractivity contribution in [2.24, 2.45) is 0 Å². The van der Waals surface area contributed by atoms with E-state index in [-0.39, 0.29) is 0 Å². The molecule has 0 N–H and O–H groups in total. The number of piperazine rings is 1. The summed E-state index contributed by atoms with van der Waals surface area (Å²) < 4.78 is 1.28. The van der Waals surface area contributed by atoms with E-state index in [1.165, 1.54) is 10.4 Å². The summed E-state index contributed by atoms with van der Waals surface area (Å²) in [7, 11) is 0. The van der Waals surface area contributed by atoms with Crippen molar-refractivity contribution in [1.29, 1.82) is 0 Å². The topological polar surface area (TPSA) is 32.3 Å². The van der Waals surface area contributed by atoms with Gasteiger partial charge in [0, 0.05) is 38.1 Å². The second-order valence-corrected chi connectivity index (χ2v) is 7.66. The third-order valence-electron chi connectivity index (χ3n) is 3.98. The highest BCUT2D eigenvalue weighted by molar-refractivity contribution is 7.22. The second-order valence-electron chi connectivity index (χ2n) is 5.59. The minimum atomic E-state index is 0.970. The molecule has 1 aliphatic rings. The summed E-state index contributed by atoms with van der Waals surface area (Å²) in [6.45, 7) is 7.28. The van der Waals surface area contributed by atoms with Gasteiger partial charge in [-0.15, -0.1) is 11.3 Å². The Labute approximate surface area is 138 Å². The van der Waals surface area contributed by atoms with Gasteiger partial charge in [-0.25, -0.2) is 9.97 Å². The summed E-state index contributed by atoms with van der Waals surface area (Å²) in [6.07, 6.45) is 0. The molecule has 3 aromatic rings. The van der Waals surface area contributed by atoms with E-state index < -0.39 is 0 Å². The maximum absolute atomic E-state index is 4.76. The van der Waals surface area contributed by atoms with Gasteiger partial charge in [0.15, 0.2) is 5.13 Å². The number of aryl methyl sites for hydroxylation is 1. The van der Waals surface area contributed by atoms with Gasteiger partial charge in [0.1, 0.15) is 0 Å². The first kappa shape index (κ1) is 14.1. The van der Waals surface area contributed by atoms with Crippen LogP contribution < -0.4 is 4.90 Å². The molecule has 2 aromatic heterocycles. The van der Waals surface area contributed by atoms with Crippen molar-refractivity contribution >= 4 is 38.0 Å². The fourth-order valence-corrected chi connectivity index (χ4v) is 4.42. The van der Waals surface area contributed by atoms with Crippen LogP contribution in [0.4, 0.5) is 5.13 Å². The molecule has 0 bridgehead atoms. The quantitative estimate of drug-likeness (QED) is 0.737. The lowest BCUT2D eigenvalue weighted by Gasteiger charge is -2.34. The largest absolute Gasteiger partial charge is 0.345 e. The van der Waals surface area contributed by atoms with Crippen molar-refractivity contribution in [2.45, 2.75) is 13.5 Å². The fraction of sp³-hybridized carbons (Fsp3) is 0.375. The molecule has 1 saturated heterocycles. The number of aromatic nitrogens is 2. The highest BCUT2D eigenvalue weighted by atomic mass is 32.1. The second kappa shape index (κ2) is 5.95. The van der Waals surface area contributed by atoms with Gasteiger partial charge in [-0.2, -0.15) is 0 Å². The van der Waals surface area contributed by atoms with Gasteiger partial charge in [-0.3, -0.25) is 4.90 Å². The van der Waals surface area contributed by atoms with Gasteiger partial charge < -0.3 is 4.90 Å². The molecule has 6 heteroatoms. The predicted molar refractivity (Wildman–Crippen MR) is 94.0 cm³/mol. The number of thiazole rings is 2. The van der Waals surface area contributed by atoms with Gasteiger partial charge in [-0.05, 0) is 19.1 Å². The summed E-state index contributed by atoms with van der Waals surface area (Å²) in [5.41, 5.74) is 2.32. The number of nitrogens with zero attached hydrogens (tertiary/aromatic N) is 4. The monoisotopic (exact) mass is 330 g/mol. The summed E-state index contributed by atoms with van der Waals surface area (Å²) in [5.74, 6) is 0. The smallest absolute Gasteiger partial charge is 0.186 e. The molecule has 0 unspecified atom stereocenters. The number of para-hydroxylation sites is 1. The predicted octanol–water partition coefficient (Wildman–Crippen LogP) is 3.38. The average Bonchev–Trinajstić information content (AvgIpc) is 3.14. The van der Waals surface area contributed by atoms with Crippen LogP contribution in [0, 0.1) is 6.92 Å². The summed E-state index contributed by atoms with van der Waals surface area (Å²) in [4.78, 5) is 14.2. The van der Waals surface area contributed by atoms with Crippen LogP contribution in [0.25, 0.3) is 10.2 Å². The zero-order valence-electron chi connectivity index (χ0n) is 12.5. The molecule has 4 nitrogen and oxygen atoms in total. The van der Waals surface area contributed by atoms with Crippen LogP contribution in [0.5, 0.6) is 0 Å². The third-order valence-corrected chi connectivity index (χ3v) is 5.90. The van der Waals surface area contributed by atoms with Gasteiger partial charge >= 0.3 is 0 Å². The van der Waals surface area contributed by atoms with Crippen LogP contribution in [-0.2, 0) is 6.54 Å². The van der Waals surface area contributed by atoms with Gasteiger partial charge in [0.25, 0.3) is 0 Å². The van der Waals surface area contributed by atoms with Crippen molar-refractivity contribution in [3.8, 4) is 0 Å². The van der Waals surface area contributed by atoms with Gasteiger partial charge in [0.2, 0.25) is 0 Å². The van der Waals surface area contributed by atoms with Crippen LogP contribution in [0.2, 0.25) is 0 Å². The van der Waals surface area contributed by atoms with Crippen LogP contribution in [0.15, 0.2) is 29.6 Å². The van der Waals surface area contributed by atoms with E-state index in [0.717, 1.165) is 48.4 Å². The molecule has 0 saturated carbocycles. The van der Waals surface area contributed by atoms with Crippen molar-refractivity contribution in [3.63, 3.8) is 0 Å². The first-order chi connectivity index (χ1) is 10.8. The molecule has 1 aromatic carbocycles. The minimum absolute atomic E-state index is 0.970. The van der Waals surface area contributed by atoms with Crippen LogP contribution >= 0.6 is 22.7 Å². The number of anilines is 1. The molecule has 0 amide bonds. The van der Waals surface area contributed by atoms with Crippen LogP contribution in [0.3, 0.4) is 0 Å². The first-order valence-corrected chi connectivity index (χ1v) is 9.21. The van der Waals surface area contributed by atoms with Gasteiger partial charge in [0.05, 0.1) is 20.9 Å². The SMILES string of the molecule is Cc1nc(CN2CCN(c3nc4ccccc4s3)CC2)cs1. The van der Waals surface area contributed by atoms with E-state index in [2.05, 4.69) is 51.4 Å². The Bertz CT molecular complexity index is 738. The van der Waals surface area contributed by atoms with Crippen LogP contribution in [-0.4, -0.2) is 41.0 Å². The Morgan fingerprint density at radius 1 is 1.09 bits per heavy atom. The standard InChI is InChI=1S/C16H18N4S2/c1-12-17-13(11-21-12)10-19-6-8-20(9-7-19)16-18-14-4-2-3-5-15(14)22-16/h2-5,11H,6-10H2,1H3. The highest BCUT2D eigenvalue weighted by Crippen LogP contribution is 2.29. The average molecular weight is 330 g/mol. The van der Waals surface area contributed by atoms with Crippen molar-refractivity contribution in [1.82, 2.24) is 14.9 Å². The third kappa shape index (κ3) is 2.86. The number of hydrogen-bond acceptors (Lipinski definition) is 6. The Morgan fingerprint density at radius 3 is 2.64 bits per heavy atom. The fourth-order valence-electron chi connectivity index (χ4n) is 2.80. The first-order valence-electron chi connectivity index (χ1n) is 7.52. The van der Waals surface area contributed by atoms with E-state index in [1.807, 2.05) is 0 Å². The Morgan fingerprint density at radius 2 is 1.91 bits per heavy atom. The molecule has 0 spiro atoms. The van der Waals surface area contributed by atoms with E-state index in [0.29, 0.717) is 0 Å². The lowest BCUT2D eigenvalue weighted by atomic mass is 10.3. The van der Waals surface area contributed by atoms with Crippen molar-refractivity contribution < 1.29 is 0 Å². The molecule has 0 aliphatic carbocycles. The van der Waals surface area contributed by atoms with E-state index in [4.69, 9.17) is 4.98 Å². The summed E-state index contributed by atoms with van der Waals surface area (Å²) in [6, 6.07) is 8.38. The Hall–Kier alpha value is -1.50. The zero-order chi connectivity index (χ0) is 14.9. The molecular weight excluding hydrogens is 312 g/mol. The lowest BCUT2D eigenvalue weighted by Crippen LogP contribution is -2.46. The Balaban J connectivity index is 1.40. The molecular formula is C16H18N4S2. The van der Waals surface area contributed by atoms with Crippen LogP contribution in [0.1, 0.15) is 10.7 Å². The Kier molecular flexibility index (Phi) is 3.82. The maximum atomic E-state index is 4.76. The molecule has 0 atom stereocenters. The van der Waals surface area contributed by atoms with Gasteiger partial charge in [-0.1, -0.05) is 23.5 Å². The zero-order valence-corrected chi connectivity index (χ0v) is 14.2. The lowest BCUT2D eigenvalue weighted by molar-refractivity contribution is 0.247. The molecule has 22 heavy (non-hydrogen) atoms. The molecule has 3 heterocycles. The number of hydrogen-bond donors (Lipinski definition) is 0. The van der Waals surface area contributed by atoms with E-state index in [9.17, 15) is 0 Å². The minimum Gasteiger partial charge on any atom is -0.345 e. The number of benzene rings is 1. The molecule has 1 fully saturated rings. The van der Waals surface area contributed by atoms with E-state index in [1.54, 1.807) is 22.7 Å². The molecule has 1 aliphatic heterocycles. The summed E-state index contributed by atoms with van der Waals surface area (Å²) >= 11 is 3.53. The summed E-state index contributed by atoms with van der Waals surface area (Å²) in [5, 5.41) is 4.49. The normalized spacial score (nSPS) is 16.5. The number of fused-ring (bicyclic) bond motifs is 1.